The minimum Gasteiger partial charge on any atom is -0.335 e. The highest BCUT2D eigenvalue weighted by atomic mass is 79.9. The fourth-order valence-electron chi connectivity index (χ4n) is 2.16. The first kappa shape index (κ1) is 13.7. The van der Waals surface area contributed by atoms with Crippen LogP contribution in [0.15, 0.2) is 64.1 Å². The molecule has 2 nitrogen and oxygen atoms in total. The Morgan fingerprint density at radius 3 is 2.80 bits per heavy atom. The van der Waals surface area contributed by atoms with Crippen LogP contribution >= 0.6 is 27.7 Å². The molecule has 0 bridgehead atoms. The van der Waals surface area contributed by atoms with E-state index in [0.29, 0.717) is 6.04 Å². The molecule has 0 amide bonds. The van der Waals surface area contributed by atoms with Gasteiger partial charge in [0, 0.05) is 15.9 Å². The van der Waals surface area contributed by atoms with Crippen LogP contribution in [-0.4, -0.2) is 17.0 Å². The SMILES string of the molecule is Brc1cccc(NC2=NC(Cc3ccccc3)CS2)c1. The topological polar surface area (TPSA) is 24.4 Å². The number of aliphatic imine (C=N–C) groups is 1. The number of benzene rings is 2. The Balaban J connectivity index is 1.63. The van der Waals surface area contributed by atoms with Crippen molar-refractivity contribution >= 4 is 38.5 Å². The Bertz CT molecular complexity index is 613. The second-order valence-electron chi connectivity index (χ2n) is 4.72. The van der Waals surface area contributed by atoms with Crippen LogP contribution in [0.4, 0.5) is 5.69 Å². The van der Waals surface area contributed by atoms with Crippen LogP contribution in [-0.2, 0) is 6.42 Å². The van der Waals surface area contributed by atoms with Crippen molar-refractivity contribution in [3.8, 4) is 0 Å². The molecule has 1 atom stereocenters. The molecule has 0 aromatic heterocycles. The summed E-state index contributed by atoms with van der Waals surface area (Å²) >= 11 is 5.27. The Morgan fingerprint density at radius 1 is 1.15 bits per heavy atom. The minimum atomic E-state index is 0.372. The van der Waals surface area contributed by atoms with E-state index < -0.39 is 0 Å². The van der Waals surface area contributed by atoms with Gasteiger partial charge in [0.15, 0.2) is 5.17 Å². The zero-order valence-electron chi connectivity index (χ0n) is 10.9. The first-order valence-electron chi connectivity index (χ1n) is 6.57. The molecular weight excluding hydrogens is 332 g/mol. The molecule has 0 aliphatic carbocycles. The van der Waals surface area contributed by atoms with E-state index in [4.69, 9.17) is 4.99 Å². The third-order valence-electron chi connectivity index (χ3n) is 3.10. The van der Waals surface area contributed by atoms with Crippen LogP contribution < -0.4 is 5.32 Å². The average molecular weight is 347 g/mol. The van der Waals surface area contributed by atoms with E-state index in [1.807, 2.05) is 12.1 Å². The van der Waals surface area contributed by atoms with Crippen molar-refractivity contribution in [2.75, 3.05) is 11.1 Å². The summed E-state index contributed by atoms with van der Waals surface area (Å²) in [4.78, 5) is 4.76. The molecule has 1 aliphatic heterocycles. The molecule has 102 valence electrons. The van der Waals surface area contributed by atoms with Gasteiger partial charge in [0.05, 0.1) is 6.04 Å². The predicted octanol–water partition coefficient (Wildman–Crippen LogP) is 4.58. The molecule has 0 saturated heterocycles. The third kappa shape index (κ3) is 3.64. The van der Waals surface area contributed by atoms with E-state index in [0.717, 1.165) is 27.5 Å². The molecule has 1 aliphatic rings. The van der Waals surface area contributed by atoms with Gasteiger partial charge in [-0.3, -0.25) is 4.99 Å². The van der Waals surface area contributed by atoms with E-state index in [2.05, 4.69) is 63.7 Å². The lowest BCUT2D eigenvalue weighted by Gasteiger charge is -2.05. The van der Waals surface area contributed by atoms with Crippen molar-refractivity contribution in [3.63, 3.8) is 0 Å². The highest BCUT2D eigenvalue weighted by Crippen LogP contribution is 2.24. The van der Waals surface area contributed by atoms with Crippen LogP contribution in [0.2, 0.25) is 0 Å². The van der Waals surface area contributed by atoms with E-state index in [-0.39, 0.29) is 0 Å². The first-order chi connectivity index (χ1) is 9.79. The molecule has 0 radical (unpaired) electrons. The van der Waals surface area contributed by atoms with E-state index >= 15 is 0 Å². The molecule has 20 heavy (non-hydrogen) atoms. The summed E-state index contributed by atoms with van der Waals surface area (Å²) in [6, 6.07) is 19.1. The number of rotatable bonds is 3. The van der Waals surface area contributed by atoms with Gasteiger partial charge < -0.3 is 5.32 Å². The quantitative estimate of drug-likeness (QED) is 0.879. The molecule has 4 heteroatoms. The van der Waals surface area contributed by atoms with Crippen molar-refractivity contribution < 1.29 is 0 Å². The number of halogens is 1. The Labute approximate surface area is 131 Å². The van der Waals surface area contributed by atoms with Gasteiger partial charge in [-0.2, -0.15) is 0 Å². The predicted molar refractivity (Wildman–Crippen MR) is 91.6 cm³/mol. The third-order valence-corrected chi connectivity index (χ3v) is 4.63. The van der Waals surface area contributed by atoms with Crippen LogP contribution in [0.25, 0.3) is 0 Å². The van der Waals surface area contributed by atoms with Crippen molar-refractivity contribution in [3.05, 3.63) is 64.6 Å². The second-order valence-corrected chi connectivity index (χ2v) is 6.65. The summed E-state index contributed by atoms with van der Waals surface area (Å²) in [6.07, 6.45) is 1.01. The molecular formula is C16H15BrN2S. The monoisotopic (exact) mass is 346 g/mol. The van der Waals surface area contributed by atoms with Gasteiger partial charge in [-0.25, -0.2) is 0 Å². The van der Waals surface area contributed by atoms with Gasteiger partial charge in [0.1, 0.15) is 0 Å². The number of hydrogen-bond acceptors (Lipinski definition) is 3. The molecule has 1 unspecified atom stereocenters. The van der Waals surface area contributed by atoms with Crippen molar-refractivity contribution in [2.45, 2.75) is 12.5 Å². The summed E-state index contributed by atoms with van der Waals surface area (Å²) in [5.41, 5.74) is 2.43. The second kappa shape index (κ2) is 6.46. The number of anilines is 1. The number of thioether (sulfide) groups is 1. The highest BCUT2D eigenvalue weighted by molar-refractivity contribution is 9.10. The molecule has 3 rings (SSSR count). The Kier molecular flexibility index (Phi) is 4.43. The van der Waals surface area contributed by atoms with Gasteiger partial charge in [-0.1, -0.05) is 64.1 Å². The molecule has 1 N–H and O–H groups in total. The summed E-state index contributed by atoms with van der Waals surface area (Å²) in [6.45, 7) is 0. The minimum absolute atomic E-state index is 0.372. The maximum absolute atomic E-state index is 4.76. The lowest BCUT2D eigenvalue weighted by molar-refractivity contribution is 0.762. The zero-order valence-corrected chi connectivity index (χ0v) is 13.3. The van der Waals surface area contributed by atoms with Crippen LogP contribution in [0, 0.1) is 0 Å². The van der Waals surface area contributed by atoms with Gasteiger partial charge in [0.25, 0.3) is 0 Å². The zero-order chi connectivity index (χ0) is 13.8. The molecule has 0 saturated carbocycles. The maximum Gasteiger partial charge on any atom is 0.161 e. The lowest BCUT2D eigenvalue weighted by atomic mass is 10.1. The summed E-state index contributed by atoms with van der Waals surface area (Å²) in [5, 5.41) is 4.40. The number of nitrogens with one attached hydrogen (secondary N) is 1. The molecule has 2 aromatic rings. The maximum atomic E-state index is 4.76. The van der Waals surface area contributed by atoms with E-state index in [1.54, 1.807) is 11.8 Å². The molecule has 1 heterocycles. The standard InChI is InChI=1S/C16H15BrN2S/c17-13-7-4-8-14(10-13)18-16-19-15(11-20-16)9-12-5-2-1-3-6-12/h1-8,10,15H,9,11H2,(H,18,19). The van der Waals surface area contributed by atoms with Gasteiger partial charge in [-0.15, -0.1) is 0 Å². The van der Waals surface area contributed by atoms with E-state index in [9.17, 15) is 0 Å². The van der Waals surface area contributed by atoms with Crippen molar-refractivity contribution in [1.82, 2.24) is 0 Å². The smallest absolute Gasteiger partial charge is 0.161 e. The number of hydrogen-bond donors (Lipinski definition) is 1. The van der Waals surface area contributed by atoms with Crippen molar-refractivity contribution in [1.29, 1.82) is 0 Å². The van der Waals surface area contributed by atoms with Gasteiger partial charge in [-0.05, 0) is 30.2 Å². The van der Waals surface area contributed by atoms with Gasteiger partial charge in [0.2, 0.25) is 0 Å². The average Bonchev–Trinajstić information content (AvgIpc) is 2.87. The lowest BCUT2D eigenvalue weighted by Crippen LogP contribution is -2.08. The summed E-state index contributed by atoms with van der Waals surface area (Å²) in [7, 11) is 0. The van der Waals surface area contributed by atoms with Crippen LogP contribution in [0.1, 0.15) is 5.56 Å². The van der Waals surface area contributed by atoms with E-state index in [1.165, 1.54) is 5.56 Å². The summed E-state index contributed by atoms with van der Waals surface area (Å²) < 4.78 is 1.08. The first-order valence-corrected chi connectivity index (χ1v) is 8.34. The molecule has 2 aromatic carbocycles. The number of amidine groups is 1. The Morgan fingerprint density at radius 2 is 2.00 bits per heavy atom. The molecule has 0 fully saturated rings. The van der Waals surface area contributed by atoms with Crippen LogP contribution in [0.3, 0.4) is 0 Å². The fraction of sp³-hybridized carbons (Fsp3) is 0.188. The summed E-state index contributed by atoms with van der Waals surface area (Å²) in [5.74, 6) is 1.05. The van der Waals surface area contributed by atoms with Crippen LogP contribution in [0.5, 0.6) is 0 Å². The largest absolute Gasteiger partial charge is 0.335 e. The molecule has 0 spiro atoms. The Hall–Kier alpha value is -1.26. The van der Waals surface area contributed by atoms with Crippen molar-refractivity contribution in [2.24, 2.45) is 4.99 Å². The van der Waals surface area contributed by atoms with Gasteiger partial charge >= 0.3 is 0 Å². The highest BCUT2D eigenvalue weighted by Gasteiger charge is 2.18. The normalized spacial score (nSPS) is 17.9. The fourth-order valence-corrected chi connectivity index (χ4v) is 3.52. The number of nitrogens with zero attached hydrogens (tertiary/aromatic N) is 1.